The fraction of sp³-hybridized carbons (Fsp3) is 0.625. The van der Waals surface area contributed by atoms with Crippen molar-refractivity contribution in [3.8, 4) is 5.75 Å². The van der Waals surface area contributed by atoms with Crippen LogP contribution in [0.1, 0.15) is 41.3 Å². The lowest BCUT2D eigenvalue weighted by Crippen LogP contribution is -2.32. The molecule has 0 radical (unpaired) electrons. The summed E-state index contributed by atoms with van der Waals surface area (Å²) in [6.07, 6.45) is 3.98. The summed E-state index contributed by atoms with van der Waals surface area (Å²) in [4.78, 5) is 2.49. The van der Waals surface area contributed by atoms with Crippen molar-refractivity contribution in [2.45, 2.75) is 38.5 Å². The first kappa shape index (κ1) is 14.7. The molecule has 1 saturated heterocycles. The number of hydrogen-bond acceptors (Lipinski definition) is 2. The molecule has 1 unspecified atom stereocenters. The Morgan fingerprint density at radius 1 is 1.16 bits per heavy atom. The topological polar surface area (TPSA) is 12.5 Å². The predicted octanol–water partition coefficient (Wildman–Crippen LogP) is 4.08. The number of ether oxygens (including phenoxy) is 1. The maximum atomic E-state index is 6.66. The molecular formula is C16H24ClNO. The number of likely N-dealkylation sites (tertiary alicyclic amines) is 1. The summed E-state index contributed by atoms with van der Waals surface area (Å²) in [6, 6.07) is 4.15. The molecule has 3 heteroatoms. The molecule has 106 valence electrons. The van der Waals surface area contributed by atoms with E-state index in [1.54, 1.807) is 7.11 Å². The third-order valence-electron chi connectivity index (χ3n) is 3.98. The van der Waals surface area contributed by atoms with E-state index in [-0.39, 0.29) is 5.38 Å². The molecule has 0 aliphatic carbocycles. The maximum Gasteiger partial charge on any atom is 0.119 e. The van der Waals surface area contributed by atoms with E-state index < -0.39 is 0 Å². The molecule has 1 aromatic carbocycles. The molecule has 1 fully saturated rings. The smallest absolute Gasteiger partial charge is 0.119 e. The van der Waals surface area contributed by atoms with Gasteiger partial charge < -0.3 is 9.64 Å². The zero-order valence-corrected chi connectivity index (χ0v) is 13.0. The van der Waals surface area contributed by atoms with E-state index in [0.29, 0.717) is 0 Å². The molecule has 1 aromatic rings. The molecule has 0 spiro atoms. The second kappa shape index (κ2) is 6.62. The second-order valence-electron chi connectivity index (χ2n) is 5.50. The summed E-state index contributed by atoms with van der Waals surface area (Å²) >= 11 is 6.66. The molecule has 2 nitrogen and oxygen atoms in total. The van der Waals surface area contributed by atoms with Crippen molar-refractivity contribution in [3.63, 3.8) is 0 Å². The molecule has 0 bridgehead atoms. The van der Waals surface area contributed by atoms with Crippen LogP contribution in [0.15, 0.2) is 12.1 Å². The van der Waals surface area contributed by atoms with Gasteiger partial charge in [-0.05, 0) is 68.6 Å². The first-order chi connectivity index (χ1) is 9.11. The lowest BCUT2D eigenvalue weighted by atomic mass is 9.98. The van der Waals surface area contributed by atoms with Crippen LogP contribution < -0.4 is 4.74 Å². The lowest BCUT2D eigenvalue weighted by Gasteiger charge is -2.29. The van der Waals surface area contributed by atoms with Crippen molar-refractivity contribution in [1.82, 2.24) is 4.90 Å². The normalized spacial score (nSPS) is 18.3. The van der Waals surface area contributed by atoms with Gasteiger partial charge in [-0.25, -0.2) is 0 Å². The largest absolute Gasteiger partial charge is 0.497 e. The molecule has 0 saturated carbocycles. The van der Waals surface area contributed by atoms with Crippen molar-refractivity contribution < 1.29 is 4.74 Å². The number of piperidine rings is 1. The number of halogens is 1. The SMILES string of the molecule is COc1cc(C)c(C(Cl)CN2CCCCC2)c(C)c1. The molecule has 1 heterocycles. The van der Waals surface area contributed by atoms with Crippen molar-refractivity contribution in [2.75, 3.05) is 26.7 Å². The highest BCUT2D eigenvalue weighted by Crippen LogP contribution is 2.31. The fourth-order valence-electron chi connectivity index (χ4n) is 3.01. The first-order valence-corrected chi connectivity index (χ1v) is 7.57. The van der Waals surface area contributed by atoms with Crippen LogP contribution in [0.4, 0.5) is 0 Å². The maximum absolute atomic E-state index is 6.66. The quantitative estimate of drug-likeness (QED) is 0.771. The van der Waals surface area contributed by atoms with Crippen LogP contribution in [-0.2, 0) is 0 Å². The van der Waals surface area contributed by atoms with Gasteiger partial charge in [-0.15, -0.1) is 11.6 Å². The fourth-order valence-corrected chi connectivity index (χ4v) is 3.55. The summed E-state index contributed by atoms with van der Waals surface area (Å²) in [5.41, 5.74) is 3.73. The number of hydrogen-bond donors (Lipinski definition) is 0. The minimum atomic E-state index is 0.0732. The van der Waals surface area contributed by atoms with Gasteiger partial charge >= 0.3 is 0 Å². The molecule has 2 rings (SSSR count). The Bertz CT molecular complexity index is 404. The van der Waals surface area contributed by atoms with Gasteiger partial charge in [-0.2, -0.15) is 0 Å². The molecule has 1 atom stereocenters. The van der Waals surface area contributed by atoms with Crippen molar-refractivity contribution in [2.24, 2.45) is 0 Å². The third kappa shape index (κ3) is 3.64. The number of rotatable bonds is 4. The van der Waals surface area contributed by atoms with Crippen molar-refractivity contribution in [3.05, 3.63) is 28.8 Å². The number of aryl methyl sites for hydroxylation is 2. The molecule has 1 aliphatic rings. The van der Waals surface area contributed by atoms with Gasteiger partial charge in [-0.3, -0.25) is 0 Å². The molecule has 19 heavy (non-hydrogen) atoms. The van der Waals surface area contributed by atoms with Crippen molar-refractivity contribution in [1.29, 1.82) is 0 Å². The van der Waals surface area contributed by atoms with E-state index in [0.717, 1.165) is 12.3 Å². The number of methoxy groups -OCH3 is 1. The second-order valence-corrected chi connectivity index (χ2v) is 6.03. The Hall–Kier alpha value is -0.730. The van der Waals surface area contributed by atoms with Gasteiger partial charge in [0.2, 0.25) is 0 Å². The van der Waals surface area contributed by atoms with Crippen LogP contribution in [0.5, 0.6) is 5.75 Å². The van der Waals surface area contributed by atoms with Gasteiger partial charge in [0, 0.05) is 6.54 Å². The number of nitrogens with zero attached hydrogens (tertiary/aromatic N) is 1. The summed E-state index contributed by atoms with van der Waals surface area (Å²) in [5.74, 6) is 0.917. The standard InChI is InChI=1S/C16H24ClNO/c1-12-9-14(19-3)10-13(2)16(12)15(17)11-18-7-5-4-6-8-18/h9-10,15H,4-8,11H2,1-3H3. The van der Waals surface area contributed by atoms with Gasteiger partial charge in [-0.1, -0.05) is 6.42 Å². The van der Waals surface area contributed by atoms with E-state index in [1.807, 2.05) is 0 Å². The third-order valence-corrected chi connectivity index (χ3v) is 4.34. The minimum Gasteiger partial charge on any atom is -0.497 e. The Balaban J connectivity index is 2.11. The Morgan fingerprint density at radius 3 is 2.26 bits per heavy atom. The zero-order chi connectivity index (χ0) is 13.8. The monoisotopic (exact) mass is 281 g/mol. The van der Waals surface area contributed by atoms with E-state index in [2.05, 4.69) is 30.9 Å². The molecular weight excluding hydrogens is 258 g/mol. The van der Waals surface area contributed by atoms with Gasteiger partial charge in [0.1, 0.15) is 5.75 Å². The Labute approximate surface area is 121 Å². The Morgan fingerprint density at radius 2 is 1.74 bits per heavy atom. The summed E-state index contributed by atoms with van der Waals surface area (Å²) in [5, 5.41) is 0.0732. The zero-order valence-electron chi connectivity index (χ0n) is 12.2. The van der Waals surface area contributed by atoms with Gasteiger partial charge in [0.25, 0.3) is 0 Å². The molecule has 0 amide bonds. The average Bonchev–Trinajstić information content (AvgIpc) is 2.38. The first-order valence-electron chi connectivity index (χ1n) is 7.13. The highest BCUT2D eigenvalue weighted by molar-refractivity contribution is 6.21. The molecule has 0 N–H and O–H groups in total. The number of benzene rings is 1. The minimum absolute atomic E-state index is 0.0732. The van der Waals surface area contributed by atoms with E-state index in [9.17, 15) is 0 Å². The van der Waals surface area contributed by atoms with Gasteiger partial charge in [0.05, 0.1) is 12.5 Å². The highest BCUT2D eigenvalue weighted by Gasteiger charge is 2.19. The molecule has 0 aromatic heterocycles. The van der Waals surface area contributed by atoms with Crippen LogP contribution in [0.25, 0.3) is 0 Å². The Kier molecular flexibility index (Phi) is 5.12. The predicted molar refractivity (Wildman–Crippen MR) is 81.4 cm³/mol. The van der Waals surface area contributed by atoms with Crippen LogP contribution >= 0.6 is 11.6 Å². The van der Waals surface area contributed by atoms with Crippen LogP contribution in [0.3, 0.4) is 0 Å². The summed E-state index contributed by atoms with van der Waals surface area (Å²) in [6.45, 7) is 7.58. The summed E-state index contributed by atoms with van der Waals surface area (Å²) < 4.78 is 5.31. The van der Waals surface area contributed by atoms with Crippen LogP contribution in [0, 0.1) is 13.8 Å². The number of alkyl halides is 1. The van der Waals surface area contributed by atoms with Gasteiger partial charge in [0.15, 0.2) is 0 Å². The van der Waals surface area contributed by atoms with Crippen molar-refractivity contribution >= 4 is 11.6 Å². The van der Waals surface area contributed by atoms with E-state index in [4.69, 9.17) is 16.3 Å². The summed E-state index contributed by atoms with van der Waals surface area (Å²) in [7, 11) is 1.71. The lowest BCUT2D eigenvalue weighted by molar-refractivity contribution is 0.228. The van der Waals surface area contributed by atoms with E-state index in [1.165, 1.54) is 49.0 Å². The van der Waals surface area contributed by atoms with E-state index >= 15 is 0 Å². The highest BCUT2D eigenvalue weighted by atomic mass is 35.5. The average molecular weight is 282 g/mol. The van der Waals surface area contributed by atoms with Crippen LogP contribution in [-0.4, -0.2) is 31.6 Å². The van der Waals surface area contributed by atoms with Crippen LogP contribution in [0.2, 0.25) is 0 Å². The molecule has 1 aliphatic heterocycles.